The molecule has 0 unspecified atom stereocenters. The molecule has 0 spiro atoms. The summed E-state index contributed by atoms with van der Waals surface area (Å²) in [6.07, 6.45) is -0.118. The second kappa shape index (κ2) is 8.79. The predicted octanol–water partition coefficient (Wildman–Crippen LogP) is 2.66. The summed E-state index contributed by atoms with van der Waals surface area (Å²) in [6, 6.07) is 11.7. The van der Waals surface area contributed by atoms with Crippen LogP contribution in [0.15, 0.2) is 62.4 Å². The third kappa shape index (κ3) is 5.65. The predicted molar refractivity (Wildman–Crippen MR) is 105 cm³/mol. The van der Waals surface area contributed by atoms with Crippen LogP contribution in [0.25, 0.3) is 0 Å². The molecule has 0 aliphatic rings. The van der Waals surface area contributed by atoms with Crippen molar-refractivity contribution in [2.75, 3.05) is 5.75 Å². The maximum absolute atomic E-state index is 12.3. The lowest BCUT2D eigenvalue weighted by Crippen LogP contribution is -2.45. The largest absolute Gasteiger partial charge is 0.368 e. The van der Waals surface area contributed by atoms with E-state index in [0.717, 1.165) is 0 Å². The lowest BCUT2D eigenvalue weighted by Gasteiger charge is -2.16. The highest BCUT2D eigenvalue weighted by molar-refractivity contribution is 9.11. The quantitative estimate of drug-likeness (QED) is 0.605. The zero-order valence-corrected chi connectivity index (χ0v) is 17.5. The fourth-order valence-corrected chi connectivity index (χ4v) is 4.88. The van der Waals surface area contributed by atoms with Crippen LogP contribution in [-0.4, -0.2) is 32.0 Å². The fourth-order valence-electron chi connectivity index (χ4n) is 2.23. The van der Waals surface area contributed by atoms with Gasteiger partial charge in [0, 0.05) is 14.5 Å². The molecule has 0 heterocycles. The number of sulfone groups is 1. The average molecular weight is 504 g/mol. The monoisotopic (exact) mass is 502 g/mol. The molecule has 0 bridgehead atoms. The molecule has 2 rings (SSSR count). The Morgan fingerprint density at radius 2 is 1.62 bits per heavy atom. The summed E-state index contributed by atoms with van der Waals surface area (Å²) in [6.45, 7) is 0. The van der Waals surface area contributed by atoms with E-state index in [9.17, 15) is 18.0 Å². The fraction of sp³-hybridized carbons (Fsp3) is 0.176. The number of nitrogens with two attached hydrogens (primary N) is 1. The molecule has 2 aromatic rings. The van der Waals surface area contributed by atoms with Crippen molar-refractivity contribution in [3.8, 4) is 0 Å². The number of primary amides is 1. The highest BCUT2D eigenvalue weighted by Gasteiger charge is 2.23. The lowest BCUT2D eigenvalue weighted by atomic mass is 10.1. The van der Waals surface area contributed by atoms with Crippen LogP contribution in [-0.2, 0) is 14.6 Å². The van der Waals surface area contributed by atoms with E-state index in [2.05, 4.69) is 37.2 Å². The van der Waals surface area contributed by atoms with E-state index >= 15 is 0 Å². The van der Waals surface area contributed by atoms with Gasteiger partial charge in [-0.3, -0.25) is 9.59 Å². The van der Waals surface area contributed by atoms with Crippen molar-refractivity contribution in [2.45, 2.75) is 17.4 Å². The first-order chi connectivity index (χ1) is 12.2. The Balaban J connectivity index is 2.09. The molecule has 2 aromatic carbocycles. The summed E-state index contributed by atoms with van der Waals surface area (Å²) in [7, 11) is -3.58. The van der Waals surface area contributed by atoms with Gasteiger partial charge in [0.1, 0.15) is 6.04 Å². The van der Waals surface area contributed by atoms with Crippen molar-refractivity contribution in [2.24, 2.45) is 5.73 Å². The molecular formula is C17H16Br2N2O4S. The van der Waals surface area contributed by atoms with Crippen molar-refractivity contribution in [3.63, 3.8) is 0 Å². The normalized spacial score (nSPS) is 12.4. The van der Waals surface area contributed by atoms with Crippen molar-refractivity contribution < 1.29 is 18.0 Å². The molecule has 9 heteroatoms. The number of rotatable bonds is 7. The van der Waals surface area contributed by atoms with E-state index in [4.69, 9.17) is 5.73 Å². The number of benzene rings is 2. The van der Waals surface area contributed by atoms with Crippen LogP contribution in [0, 0.1) is 0 Å². The van der Waals surface area contributed by atoms with Gasteiger partial charge >= 0.3 is 0 Å². The van der Waals surface area contributed by atoms with Gasteiger partial charge in [-0.15, -0.1) is 0 Å². The second-order valence-electron chi connectivity index (χ2n) is 5.51. The van der Waals surface area contributed by atoms with E-state index < -0.39 is 27.7 Å². The standard InChI is InChI=1S/C17H16Br2N2O4S/c18-12-8-11(9-13(19)10-12)17(23)21-15(16(20)22)6-7-26(24,25)14-4-2-1-3-5-14/h1-5,8-10,15H,6-7H2,(H2,20,22)(H,21,23)/t15-/m0/s1. The number of carbonyl (C=O) groups is 2. The van der Waals surface area contributed by atoms with E-state index in [1.807, 2.05) is 0 Å². The summed E-state index contributed by atoms with van der Waals surface area (Å²) in [5.41, 5.74) is 5.63. The van der Waals surface area contributed by atoms with Crippen LogP contribution >= 0.6 is 31.9 Å². The Morgan fingerprint density at radius 1 is 1.04 bits per heavy atom. The first-order valence-corrected chi connectivity index (χ1v) is 10.8. The maximum atomic E-state index is 12.3. The van der Waals surface area contributed by atoms with Crippen LogP contribution in [0.3, 0.4) is 0 Å². The zero-order chi connectivity index (χ0) is 19.3. The molecule has 26 heavy (non-hydrogen) atoms. The molecular weight excluding hydrogens is 488 g/mol. The summed E-state index contributed by atoms with van der Waals surface area (Å²) in [5, 5.41) is 2.49. The Bertz CT molecular complexity index is 897. The molecule has 0 saturated carbocycles. The summed E-state index contributed by atoms with van der Waals surface area (Å²) in [5.74, 6) is -1.63. The van der Waals surface area contributed by atoms with Gasteiger partial charge in [-0.05, 0) is 36.8 Å². The summed E-state index contributed by atoms with van der Waals surface area (Å²) in [4.78, 5) is 24.2. The van der Waals surface area contributed by atoms with Gasteiger partial charge in [0.25, 0.3) is 5.91 Å². The molecule has 138 valence electrons. The van der Waals surface area contributed by atoms with Crippen LogP contribution in [0.4, 0.5) is 0 Å². The zero-order valence-electron chi connectivity index (χ0n) is 13.5. The molecule has 0 aromatic heterocycles. The molecule has 6 nitrogen and oxygen atoms in total. The Kier molecular flexibility index (Phi) is 6.96. The minimum absolute atomic E-state index is 0.118. The van der Waals surface area contributed by atoms with Crippen LogP contribution in [0.1, 0.15) is 16.8 Å². The molecule has 1 atom stereocenters. The molecule has 2 amide bonds. The molecule has 0 aliphatic carbocycles. The third-order valence-electron chi connectivity index (χ3n) is 3.55. The first-order valence-electron chi connectivity index (χ1n) is 7.53. The van der Waals surface area contributed by atoms with Crippen molar-refractivity contribution in [1.82, 2.24) is 5.32 Å². The first kappa shape index (κ1) is 20.6. The number of amides is 2. The minimum Gasteiger partial charge on any atom is -0.368 e. The van der Waals surface area contributed by atoms with E-state index in [1.54, 1.807) is 36.4 Å². The second-order valence-corrected chi connectivity index (χ2v) is 9.45. The number of carbonyl (C=O) groups excluding carboxylic acids is 2. The highest BCUT2D eigenvalue weighted by atomic mass is 79.9. The smallest absolute Gasteiger partial charge is 0.252 e. The maximum Gasteiger partial charge on any atom is 0.252 e. The molecule has 0 fully saturated rings. The number of nitrogens with one attached hydrogen (secondary N) is 1. The molecule has 0 aliphatic heterocycles. The van der Waals surface area contributed by atoms with Gasteiger partial charge in [-0.1, -0.05) is 50.1 Å². The van der Waals surface area contributed by atoms with Crippen molar-refractivity contribution >= 4 is 53.5 Å². The number of halogens is 2. The van der Waals surface area contributed by atoms with Crippen LogP contribution in [0.2, 0.25) is 0 Å². The summed E-state index contributed by atoms with van der Waals surface area (Å²) >= 11 is 6.56. The van der Waals surface area contributed by atoms with Crippen molar-refractivity contribution in [3.05, 3.63) is 63.0 Å². The van der Waals surface area contributed by atoms with Gasteiger partial charge in [-0.2, -0.15) is 0 Å². The molecule has 0 saturated heterocycles. The van der Waals surface area contributed by atoms with E-state index in [1.165, 1.54) is 12.1 Å². The van der Waals surface area contributed by atoms with Gasteiger partial charge in [0.15, 0.2) is 9.84 Å². The highest BCUT2D eigenvalue weighted by Crippen LogP contribution is 2.20. The number of hydrogen-bond acceptors (Lipinski definition) is 4. The summed E-state index contributed by atoms with van der Waals surface area (Å²) < 4.78 is 26.0. The van der Waals surface area contributed by atoms with Gasteiger partial charge in [0.05, 0.1) is 10.6 Å². The number of hydrogen-bond donors (Lipinski definition) is 2. The van der Waals surface area contributed by atoms with Gasteiger partial charge in [0.2, 0.25) is 5.91 Å². The van der Waals surface area contributed by atoms with E-state index in [0.29, 0.717) is 14.5 Å². The van der Waals surface area contributed by atoms with Gasteiger partial charge in [-0.25, -0.2) is 8.42 Å². The topological polar surface area (TPSA) is 106 Å². The van der Waals surface area contributed by atoms with Crippen LogP contribution in [0.5, 0.6) is 0 Å². The van der Waals surface area contributed by atoms with Gasteiger partial charge < -0.3 is 11.1 Å². The molecule has 3 N–H and O–H groups in total. The minimum atomic E-state index is -3.58. The van der Waals surface area contributed by atoms with Crippen molar-refractivity contribution in [1.29, 1.82) is 0 Å². The Morgan fingerprint density at radius 3 is 2.15 bits per heavy atom. The Hall–Kier alpha value is -1.71. The third-order valence-corrected chi connectivity index (χ3v) is 6.23. The Labute approximate surface area is 168 Å². The lowest BCUT2D eigenvalue weighted by molar-refractivity contribution is -0.119. The van der Waals surface area contributed by atoms with Crippen LogP contribution < -0.4 is 11.1 Å². The average Bonchev–Trinajstić information content (AvgIpc) is 2.58. The SMILES string of the molecule is NC(=O)[C@H](CCS(=O)(=O)c1ccccc1)NC(=O)c1cc(Br)cc(Br)c1. The van der Waals surface area contributed by atoms with E-state index in [-0.39, 0.29) is 17.1 Å². The molecule has 0 radical (unpaired) electrons.